The molecule has 7 heterocycles. The van der Waals surface area contributed by atoms with E-state index in [2.05, 4.69) is 24.2 Å². The molecule has 0 saturated carbocycles. The average Bonchev–Trinajstić information content (AvgIpc) is 3.72. The number of rotatable bonds is 4. The second kappa shape index (κ2) is 19.7. The van der Waals surface area contributed by atoms with E-state index in [9.17, 15) is 33.9 Å². The Morgan fingerprint density at radius 3 is 1.68 bits per heavy atom. The lowest BCUT2D eigenvalue weighted by Gasteiger charge is -2.16. The molecule has 7 aliphatic rings. The standard InChI is InChI=1S/C23H19N3O4.C18H7NO5.C9H5NO3.C9H6O4/c1-24-13-5-6-14-17(9-13)23(28)26(8-4-7-25(2)3)21-15-10-18-19(30-12-29-18)11-16(15)22(27)20(14)21;1-19-8-2-3-9-12(4-8)18(21)24-17-11-6-14-13(22-7-23-14)5-10(11)16(20)15(9)17;1-10-5-2-3-6-7(4-5)9(12)13-8(6)11;10-9-6-2-8-7(12-4-13-8)1-5(6)3-11-9/h5-6,9-11H,4,7-8,12H2,2-3H3;2-6H,7H2;2-4,8,11H;1-2H,3-4H2. The lowest BCUT2D eigenvalue weighted by molar-refractivity contribution is -0.0548. The van der Waals surface area contributed by atoms with Crippen molar-refractivity contribution in [3.05, 3.63) is 191 Å². The van der Waals surface area contributed by atoms with Gasteiger partial charge in [0, 0.05) is 50.7 Å². The zero-order valence-electron chi connectivity index (χ0n) is 42.0. The third kappa shape index (κ3) is 8.41. The van der Waals surface area contributed by atoms with Crippen molar-refractivity contribution in [2.45, 2.75) is 25.9 Å². The molecule has 21 heteroatoms. The van der Waals surface area contributed by atoms with Crippen molar-refractivity contribution >= 4 is 62.1 Å². The first-order valence-corrected chi connectivity index (χ1v) is 24.4. The number of benzene rings is 6. The van der Waals surface area contributed by atoms with Gasteiger partial charge in [0.15, 0.2) is 68.9 Å². The van der Waals surface area contributed by atoms with Crippen molar-refractivity contribution in [1.82, 2.24) is 9.47 Å². The topological polar surface area (TPSA) is 231 Å². The summed E-state index contributed by atoms with van der Waals surface area (Å²) in [5.41, 5.74) is 6.06. The third-order valence-corrected chi connectivity index (χ3v) is 13.9. The third-order valence-electron chi connectivity index (χ3n) is 13.9. The molecule has 8 aromatic rings. The van der Waals surface area contributed by atoms with Crippen molar-refractivity contribution < 1.29 is 66.6 Å². The molecule has 0 fully saturated rings. The number of carbonyl (C=O) groups is 4. The van der Waals surface area contributed by atoms with Crippen molar-refractivity contribution in [3.8, 4) is 57.1 Å². The second-order valence-corrected chi connectivity index (χ2v) is 18.9. The fraction of sp³-hybridized carbons (Fsp3) is 0.169. The number of cyclic esters (lactones) is 2. The first-order chi connectivity index (χ1) is 38.7. The number of ketones is 2. The van der Waals surface area contributed by atoms with Crippen LogP contribution in [0.3, 0.4) is 0 Å². The van der Waals surface area contributed by atoms with E-state index < -0.39 is 17.9 Å². The Labute approximate surface area is 451 Å². The molecular formula is C59H37N5O16. The number of hydrogen-bond donors (Lipinski definition) is 1. The molecule has 0 bridgehead atoms. The summed E-state index contributed by atoms with van der Waals surface area (Å²) in [6.07, 6.45) is -0.427. The predicted octanol–water partition coefficient (Wildman–Crippen LogP) is 9.21. The number of aromatic nitrogens is 1. The Morgan fingerprint density at radius 1 is 0.550 bits per heavy atom. The SMILES string of the molecule is O=C1OCc2cc3c(cc21)OCO3.[C-]#[N+]c1ccc2c(c1)C(=O)OC2O.[C-]#[N+]c1ccc2c3c(n(CCCN(C)C)c(=O)c2c1)-c1cc2c(cc1C3=O)OCO2.[C-]#[N+]c1ccc2c3c(oc(=O)c2c1)-c1cc2c(cc1C3=O)OCO2. The molecule has 394 valence electrons. The lowest BCUT2D eigenvalue weighted by atomic mass is 10.0. The van der Waals surface area contributed by atoms with Crippen LogP contribution in [-0.2, 0) is 22.6 Å². The summed E-state index contributed by atoms with van der Waals surface area (Å²) in [5.74, 6) is 2.44. The molecule has 2 aliphatic carbocycles. The largest absolute Gasteiger partial charge is 0.457 e. The van der Waals surface area contributed by atoms with Gasteiger partial charge < -0.3 is 56.9 Å². The molecule has 21 nitrogen and oxygen atoms in total. The lowest BCUT2D eigenvalue weighted by Crippen LogP contribution is -2.25. The van der Waals surface area contributed by atoms with Gasteiger partial charge in [-0.25, -0.2) is 28.9 Å². The smallest absolute Gasteiger partial charge is 0.342 e. The monoisotopic (exact) mass is 1070 g/mol. The molecule has 0 spiro atoms. The maximum absolute atomic E-state index is 13.5. The minimum absolute atomic E-state index is 0.0976. The Kier molecular flexibility index (Phi) is 12.3. The maximum Gasteiger partial charge on any atom is 0.342 e. The fourth-order valence-corrected chi connectivity index (χ4v) is 10.2. The van der Waals surface area contributed by atoms with Crippen LogP contribution in [0.25, 0.3) is 58.7 Å². The van der Waals surface area contributed by atoms with Crippen molar-refractivity contribution in [2.75, 3.05) is 41.0 Å². The molecule has 5 aliphatic heterocycles. The predicted molar refractivity (Wildman–Crippen MR) is 281 cm³/mol. The summed E-state index contributed by atoms with van der Waals surface area (Å²) < 4.78 is 48.4. The van der Waals surface area contributed by atoms with E-state index in [4.69, 9.17) is 57.3 Å². The van der Waals surface area contributed by atoms with Gasteiger partial charge in [-0.15, -0.1) is 0 Å². The minimum atomic E-state index is -1.18. The van der Waals surface area contributed by atoms with Crippen LogP contribution in [0.4, 0.5) is 17.1 Å². The molecule has 1 N–H and O–H groups in total. The van der Waals surface area contributed by atoms with Crippen LogP contribution < -0.4 is 39.6 Å². The molecule has 1 unspecified atom stereocenters. The van der Waals surface area contributed by atoms with Crippen LogP contribution in [-0.4, -0.2) is 79.1 Å². The molecule has 1 atom stereocenters. The highest BCUT2D eigenvalue weighted by atomic mass is 16.7. The van der Waals surface area contributed by atoms with Crippen molar-refractivity contribution in [1.29, 1.82) is 0 Å². The van der Waals surface area contributed by atoms with Crippen molar-refractivity contribution in [3.63, 3.8) is 0 Å². The Morgan fingerprint density at radius 2 is 1.06 bits per heavy atom. The molecule has 80 heavy (non-hydrogen) atoms. The van der Waals surface area contributed by atoms with Gasteiger partial charge in [-0.2, -0.15) is 0 Å². The molecular weight excluding hydrogens is 1030 g/mol. The van der Waals surface area contributed by atoms with Crippen molar-refractivity contribution in [2.24, 2.45) is 0 Å². The zero-order valence-corrected chi connectivity index (χ0v) is 42.0. The number of pyridine rings is 1. The maximum atomic E-state index is 13.5. The highest BCUT2D eigenvalue weighted by Crippen LogP contribution is 2.48. The summed E-state index contributed by atoms with van der Waals surface area (Å²) >= 11 is 0. The van der Waals surface area contributed by atoms with Gasteiger partial charge in [-0.05, 0) is 87.0 Å². The molecule has 0 radical (unpaired) electrons. The quantitative estimate of drug-likeness (QED) is 0.128. The molecule has 15 rings (SSSR count). The Balaban J connectivity index is 0.000000113. The summed E-state index contributed by atoms with van der Waals surface area (Å²) in [6, 6.07) is 24.3. The van der Waals surface area contributed by atoms with Gasteiger partial charge in [0.2, 0.25) is 26.7 Å². The number of aliphatic hydroxyl groups is 1. The molecule has 0 amide bonds. The number of esters is 2. The van der Waals surface area contributed by atoms with Gasteiger partial charge in [0.05, 0.1) is 53.1 Å². The molecule has 6 aromatic carbocycles. The van der Waals surface area contributed by atoms with Crippen LogP contribution in [0.1, 0.15) is 76.4 Å². The van der Waals surface area contributed by atoms with Crippen LogP contribution in [0.2, 0.25) is 0 Å². The van der Waals surface area contributed by atoms with Crippen LogP contribution in [0, 0.1) is 19.7 Å². The number of carbonyl (C=O) groups excluding carboxylic acids is 4. The average molecular weight is 1070 g/mol. The van der Waals surface area contributed by atoms with E-state index in [0.717, 1.165) is 18.5 Å². The number of hydrogen-bond acceptors (Lipinski definition) is 17. The van der Waals surface area contributed by atoms with E-state index >= 15 is 0 Å². The summed E-state index contributed by atoms with van der Waals surface area (Å²) in [4.78, 5) is 86.2. The van der Waals surface area contributed by atoms with E-state index in [1.54, 1.807) is 71.3 Å². The minimum Gasteiger partial charge on any atom is -0.457 e. The fourth-order valence-electron chi connectivity index (χ4n) is 10.2. The number of fused-ring (bicyclic) bond motifs is 15. The summed E-state index contributed by atoms with van der Waals surface area (Å²) in [7, 11) is 3.96. The van der Waals surface area contributed by atoms with Crippen LogP contribution in [0.5, 0.6) is 34.5 Å². The first kappa shape index (κ1) is 50.1. The summed E-state index contributed by atoms with van der Waals surface area (Å²) in [6.45, 7) is 23.1. The van der Waals surface area contributed by atoms with E-state index in [0.29, 0.717) is 131 Å². The zero-order chi connectivity index (χ0) is 55.7. The van der Waals surface area contributed by atoms with Gasteiger partial charge in [-0.1, -0.05) is 36.4 Å². The van der Waals surface area contributed by atoms with Crippen LogP contribution >= 0.6 is 0 Å². The highest BCUT2D eigenvalue weighted by molar-refractivity contribution is 6.28. The Hall–Kier alpha value is -10.8. The normalized spacial score (nSPS) is 15.1. The first-order valence-electron chi connectivity index (χ1n) is 24.4. The highest BCUT2D eigenvalue weighted by Gasteiger charge is 2.37. The van der Waals surface area contributed by atoms with Gasteiger partial charge in [-0.3, -0.25) is 14.4 Å². The molecule has 0 saturated heterocycles. The van der Waals surface area contributed by atoms with Gasteiger partial charge in [0.1, 0.15) is 6.61 Å². The van der Waals surface area contributed by atoms with E-state index in [-0.39, 0.29) is 60.2 Å². The Bertz CT molecular complexity index is 4370. The molecule has 2 aromatic heterocycles. The van der Waals surface area contributed by atoms with Gasteiger partial charge in [0.25, 0.3) is 5.56 Å². The van der Waals surface area contributed by atoms with E-state index in [1.807, 2.05) is 14.1 Å². The number of nitrogens with zero attached hydrogens (tertiary/aromatic N) is 5. The number of aliphatic hydroxyl groups excluding tert-OH is 1. The second-order valence-electron chi connectivity index (χ2n) is 18.9. The number of ether oxygens (including phenoxy) is 8. The van der Waals surface area contributed by atoms with Gasteiger partial charge >= 0.3 is 17.6 Å². The van der Waals surface area contributed by atoms with Crippen LogP contribution in [0.15, 0.2) is 105 Å². The van der Waals surface area contributed by atoms with E-state index in [1.165, 1.54) is 24.3 Å². The summed E-state index contributed by atoms with van der Waals surface area (Å²) in [5, 5.41) is 10.9.